The van der Waals surface area contributed by atoms with Crippen molar-refractivity contribution in [3.63, 3.8) is 0 Å². The van der Waals surface area contributed by atoms with Gasteiger partial charge in [-0.25, -0.2) is 27.0 Å². The van der Waals surface area contributed by atoms with Crippen LogP contribution in [0.15, 0.2) is 108 Å². The molecule has 3 heterocycles. The molecular weight excluding hydrogens is 763 g/mol. The predicted molar refractivity (Wildman–Crippen MR) is 219 cm³/mol. The molecule has 2 N–H and O–H groups in total. The number of amides is 2. The number of imidazole rings is 1. The highest BCUT2D eigenvalue weighted by Gasteiger charge is 2.53. The molecule has 1 saturated carbocycles. The molecule has 2 saturated heterocycles. The van der Waals surface area contributed by atoms with E-state index in [0.29, 0.717) is 25.3 Å². The number of nitrogens with one attached hydrogen (secondary N) is 2. The number of rotatable bonds is 14. The summed E-state index contributed by atoms with van der Waals surface area (Å²) in [5.41, 5.74) is -0.0119. The summed E-state index contributed by atoms with van der Waals surface area (Å²) in [6, 6.07) is 19.2. The zero-order valence-electron chi connectivity index (χ0n) is 33.1. The Morgan fingerprint density at radius 2 is 1.76 bits per heavy atom. The first-order valence-electron chi connectivity index (χ1n) is 20.0. The molecule has 3 aromatic carbocycles. The van der Waals surface area contributed by atoms with E-state index in [1.54, 1.807) is 36.4 Å². The summed E-state index contributed by atoms with van der Waals surface area (Å²) in [5, 5.41) is 5.71. The van der Waals surface area contributed by atoms with Gasteiger partial charge < -0.3 is 24.8 Å². The highest BCUT2D eigenvalue weighted by molar-refractivity contribution is 7.91. The van der Waals surface area contributed by atoms with Crippen LogP contribution in [-0.2, 0) is 37.7 Å². The average molecular weight is 815 g/mol. The van der Waals surface area contributed by atoms with Crippen LogP contribution in [0.4, 0.5) is 25.0 Å². The first kappa shape index (κ1) is 41.1. The molecule has 1 aliphatic carbocycles. The molecule has 3 atom stereocenters. The molecule has 0 radical (unpaired) electrons. The summed E-state index contributed by atoms with van der Waals surface area (Å²) < 4.78 is 65.6. The molecule has 4 aromatic rings. The molecule has 11 nitrogen and oxygen atoms in total. The fraction of sp³-hybridized carbons (Fsp3) is 0.432. The van der Waals surface area contributed by atoms with Gasteiger partial charge in [0.05, 0.1) is 30.0 Å². The molecule has 1 aromatic heterocycles. The van der Waals surface area contributed by atoms with Crippen LogP contribution in [0.5, 0.6) is 0 Å². The number of hydrogen-bond donors (Lipinski definition) is 2. The van der Waals surface area contributed by atoms with Crippen molar-refractivity contribution >= 4 is 33.2 Å². The van der Waals surface area contributed by atoms with Gasteiger partial charge in [-0.2, -0.15) is 0 Å². The standard InChI is InChI=1S/C44H52F2N6O5S/c1-4-40-47-21-24-51(40)30-44(32-9-6-10-33(45)25-32,38-13-8-14-39(38)49-42(54)57-3)31-19-22-50(23-20-31)27-43(46)28-52(29-43)35-15-17-36(18-16-35)58(55,56)37-12-7-11-34(26-37)48-41(53)5-2/h5-7,9-12,15-18,21,24-26,31,38-39H,2,4,8,13-14,19-20,22-23,27-30H2,1,3H3,(H,48,53)(H,49,54)/t38?,39-,44-/m0/s1. The van der Waals surface area contributed by atoms with Crippen LogP contribution in [0.2, 0.25) is 0 Å². The van der Waals surface area contributed by atoms with Crippen LogP contribution in [0.25, 0.3) is 0 Å². The molecule has 308 valence electrons. The number of aryl methyl sites for hydroxylation is 1. The molecule has 1 unspecified atom stereocenters. The Morgan fingerprint density at radius 3 is 2.45 bits per heavy atom. The van der Waals surface area contributed by atoms with Gasteiger partial charge in [-0.15, -0.1) is 0 Å². The van der Waals surface area contributed by atoms with E-state index in [2.05, 4.69) is 38.6 Å². The van der Waals surface area contributed by atoms with E-state index in [4.69, 9.17) is 4.74 Å². The van der Waals surface area contributed by atoms with Crippen molar-refractivity contribution in [3.8, 4) is 0 Å². The van der Waals surface area contributed by atoms with Gasteiger partial charge in [-0.05, 0) is 117 Å². The Balaban J connectivity index is 1.05. The number of aromatic nitrogens is 2. The second-order valence-electron chi connectivity index (χ2n) is 15.9. The van der Waals surface area contributed by atoms with Crippen molar-refractivity contribution < 1.29 is 31.5 Å². The Morgan fingerprint density at radius 1 is 1.02 bits per heavy atom. The normalized spacial score (nSPS) is 20.8. The summed E-state index contributed by atoms with van der Waals surface area (Å²) in [4.78, 5) is 33.2. The van der Waals surface area contributed by atoms with Crippen LogP contribution in [0.3, 0.4) is 0 Å². The van der Waals surface area contributed by atoms with Crippen LogP contribution in [0, 0.1) is 17.7 Å². The Hall–Kier alpha value is -5.08. The number of benzene rings is 3. The van der Waals surface area contributed by atoms with Crippen LogP contribution < -0.4 is 15.5 Å². The monoisotopic (exact) mass is 814 g/mol. The number of alkyl carbamates (subject to hydrolysis) is 1. The quantitative estimate of drug-likeness (QED) is 0.131. The number of halogens is 2. The summed E-state index contributed by atoms with van der Waals surface area (Å²) in [6.45, 7) is 8.05. The third-order valence-electron chi connectivity index (χ3n) is 12.5. The molecule has 3 aliphatic rings. The van der Waals surface area contributed by atoms with Crippen LogP contribution in [0.1, 0.15) is 50.4 Å². The molecule has 2 amide bonds. The lowest BCUT2D eigenvalue weighted by Gasteiger charge is -2.52. The highest BCUT2D eigenvalue weighted by Crippen LogP contribution is 2.52. The topological polar surface area (TPSA) is 126 Å². The third-order valence-corrected chi connectivity index (χ3v) is 14.2. The van der Waals surface area contributed by atoms with Gasteiger partial charge in [0.15, 0.2) is 5.67 Å². The molecule has 0 bridgehead atoms. The molecule has 3 fully saturated rings. The highest BCUT2D eigenvalue weighted by atomic mass is 32.2. The van der Waals surface area contributed by atoms with E-state index >= 15 is 8.78 Å². The van der Waals surface area contributed by atoms with Gasteiger partial charge in [-0.1, -0.05) is 38.1 Å². The number of carbonyl (C=O) groups excluding carboxylic acids is 2. The second-order valence-corrected chi connectivity index (χ2v) is 17.9. The lowest BCUT2D eigenvalue weighted by Crippen LogP contribution is -2.64. The van der Waals surface area contributed by atoms with Crippen LogP contribution >= 0.6 is 0 Å². The number of alkyl halides is 1. The minimum Gasteiger partial charge on any atom is -0.453 e. The molecular formula is C44H52F2N6O5S. The van der Waals surface area contributed by atoms with E-state index < -0.39 is 32.9 Å². The van der Waals surface area contributed by atoms with E-state index in [0.717, 1.165) is 61.7 Å². The Bertz CT molecular complexity index is 2220. The van der Waals surface area contributed by atoms with Gasteiger partial charge in [0.2, 0.25) is 15.7 Å². The van der Waals surface area contributed by atoms with E-state index in [1.165, 1.54) is 37.4 Å². The molecule has 2 aliphatic heterocycles. The van der Waals surface area contributed by atoms with Crippen LogP contribution in [-0.4, -0.2) is 86.4 Å². The predicted octanol–water partition coefficient (Wildman–Crippen LogP) is 6.95. The first-order valence-corrected chi connectivity index (χ1v) is 21.5. The van der Waals surface area contributed by atoms with Gasteiger partial charge in [0.1, 0.15) is 11.6 Å². The maximum Gasteiger partial charge on any atom is 0.407 e. The lowest BCUT2D eigenvalue weighted by atomic mass is 9.58. The van der Waals surface area contributed by atoms with Crippen molar-refractivity contribution in [1.82, 2.24) is 19.8 Å². The van der Waals surface area contributed by atoms with Gasteiger partial charge in [0, 0.05) is 54.7 Å². The number of ether oxygens (including phenoxy) is 1. The number of hydrogen-bond acceptors (Lipinski definition) is 8. The molecule has 58 heavy (non-hydrogen) atoms. The van der Waals surface area contributed by atoms with Gasteiger partial charge in [-0.3, -0.25) is 9.69 Å². The maximum atomic E-state index is 16.4. The summed E-state index contributed by atoms with van der Waals surface area (Å²) in [7, 11) is -2.50. The van der Waals surface area contributed by atoms with Crippen molar-refractivity contribution in [1.29, 1.82) is 0 Å². The largest absolute Gasteiger partial charge is 0.453 e. The Labute approximate surface area is 339 Å². The van der Waals surface area contributed by atoms with Gasteiger partial charge in [0.25, 0.3) is 0 Å². The zero-order chi connectivity index (χ0) is 41.1. The SMILES string of the molecule is C=CC(=O)Nc1cccc(S(=O)(=O)c2ccc(N3CC(F)(CN4CCC([C@@](Cn5ccnc5CC)(c5cccc(F)c5)C5CCC[C@@H]5NC(=O)OC)CC4)C3)cc2)c1. The van der Waals surface area contributed by atoms with E-state index in [9.17, 15) is 18.0 Å². The van der Waals surface area contributed by atoms with Gasteiger partial charge >= 0.3 is 6.09 Å². The number of carbonyl (C=O) groups is 2. The zero-order valence-corrected chi connectivity index (χ0v) is 33.9. The average Bonchev–Trinajstić information content (AvgIpc) is 3.88. The molecule has 14 heteroatoms. The maximum absolute atomic E-state index is 16.4. The fourth-order valence-corrected chi connectivity index (χ4v) is 11.0. The Kier molecular flexibility index (Phi) is 12.1. The lowest BCUT2D eigenvalue weighted by molar-refractivity contribution is -0.111. The smallest absolute Gasteiger partial charge is 0.407 e. The van der Waals surface area contributed by atoms with E-state index in [-0.39, 0.29) is 53.1 Å². The third kappa shape index (κ3) is 8.40. The van der Waals surface area contributed by atoms with Crippen molar-refractivity contribution in [2.45, 2.75) is 78.9 Å². The first-order chi connectivity index (χ1) is 27.9. The minimum atomic E-state index is -3.87. The number of nitrogens with zero attached hydrogens (tertiary/aromatic N) is 4. The van der Waals surface area contributed by atoms with Crippen molar-refractivity contribution in [2.24, 2.45) is 11.8 Å². The van der Waals surface area contributed by atoms with Crippen molar-refractivity contribution in [3.05, 3.63) is 115 Å². The minimum absolute atomic E-state index is 0.00123. The number of likely N-dealkylation sites (tertiary alicyclic amines) is 1. The summed E-state index contributed by atoms with van der Waals surface area (Å²) >= 11 is 0. The van der Waals surface area contributed by atoms with E-state index in [1.807, 2.05) is 23.4 Å². The second kappa shape index (κ2) is 17.0. The number of piperidine rings is 1. The fourth-order valence-electron chi connectivity index (χ4n) is 9.74. The summed E-state index contributed by atoms with van der Waals surface area (Å²) in [5.74, 6) is 0.309. The molecule has 7 rings (SSSR count). The number of anilines is 2. The summed E-state index contributed by atoms with van der Waals surface area (Å²) in [6.07, 6.45) is 9.30. The number of methoxy groups -OCH3 is 1. The molecule has 0 spiro atoms. The number of sulfone groups is 1. The van der Waals surface area contributed by atoms with Crippen molar-refractivity contribution in [2.75, 3.05) is 50.1 Å².